The van der Waals surface area contributed by atoms with Gasteiger partial charge in [0.1, 0.15) is 11.9 Å². The molecule has 2 heterocycles. The number of carbonyl (C=O) groups is 2. The van der Waals surface area contributed by atoms with E-state index in [4.69, 9.17) is 19.6 Å². The van der Waals surface area contributed by atoms with Crippen LogP contribution in [0.25, 0.3) is 17.0 Å². The predicted molar refractivity (Wildman–Crippen MR) is 120 cm³/mol. The van der Waals surface area contributed by atoms with Crippen molar-refractivity contribution in [2.75, 3.05) is 6.61 Å². The Morgan fingerprint density at radius 3 is 2.94 bits per heavy atom. The summed E-state index contributed by atoms with van der Waals surface area (Å²) >= 11 is 0. The Labute approximate surface area is 187 Å². The van der Waals surface area contributed by atoms with Gasteiger partial charge < -0.3 is 14.6 Å². The van der Waals surface area contributed by atoms with Gasteiger partial charge in [0, 0.05) is 11.3 Å². The molecule has 1 N–H and O–H groups in total. The van der Waals surface area contributed by atoms with E-state index in [9.17, 15) is 9.59 Å². The van der Waals surface area contributed by atoms with Gasteiger partial charge in [-0.2, -0.15) is 0 Å². The number of cyclic esters (lactones) is 1. The summed E-state index contributed by atoms with van der Waals surface area (Å²) in [6.07, 6.45) is 10.3. The first-order valence-electron chi connectivity index (χ1n) is 11.6. The molecule has 3 aliphatic rings. The van der Waals surface area contributed by atoms with Crippen molar-refractivity contribution >= 4 is 28.9 Å². The van der Waals surface area contributed by atoms with Crippen molar-refractivity contribution in [3.05, 3.63) is 42.1 Å². The minimum absolute atomic E-state index is 0.00493. The lowest BCUT2D eigenvalue weighted by Gasteiger charge is -2.45. The smallest absolute Gasteiger partial charge is 0.341 e. The summed E-state index contributed by atoms with van der Waals surface area (Å²) in [5.41, 5.74) is 1.71. The van der Waals surface area contributed by atoms with E-state index < -0.39 is 5.97 Å². The van der Waals surface area contributed by atoms with Gasteiger partial charge >= 0.3 is 11.9 Å². The number of carboxylic acids is 1. The number of carbonyl (C=O) groups excluding carboxylic acids is 1. The second-order valence-corrected chi connectivity index (χ2v) is 9.48. The number of carboxylic acid groups (broad SMARTS) is 1. The van der Waals surface area contributed by atoms with E-state index in [2.05, 4.69) is 12.2 Å². The lowest BCUT2D eigenvalue weighted by Crippen LogP contribution is -2.42. The number of hydrogen-bond acceptors (Lipinski definition) is 5. The van der Waals surface area contributed by atoms with Crippen LogP contribution in [0.3, 0.4) is 0 Å². The van der Waals surface area contributed by atoms with Crippen molar-refractivity contribution in [1.82, 2.24) is 4.98 Å². The molecule has 6 heteroatoms. The van der Waals surface area contributed by atoms with Gasteiger partial charge in [-0.3, -0.25) is 4.79 Å². The van der Waals surface area contributed by atoms with E-state index in [0.29, 0.717) is 23.5 Å². The Morgan fingerprint density at radius 2 is 2.09 bits per heavy atom. The van der Waals surface area contributed by atoms with Gasteiger partial charge in [0.2, 0.25) is 0 Å². The van der Waals surface area contributed by atoms with E-state index >= 15 is 0 Å². The zero-order chi connectivity index (χ0) is 22.2. The van der Waals surface area contributed by atoms with Gasteiger partial charge in [-0.25, -0.2) is 9.78 Å². The average molecular weight is 436 g/mol. The van der Waals surface area contributed by atoms with E-state index in [1.54, 1.807) is 12.1 Å². The third-order valence-corrected chi connectivity index (χ3v) is 7.61. The summed E-state index contributed by atoms with van der Waals surface area (Å²) < 4.78 is 10.9. The molecule has 2 aliphatic carbocycles. The lowest BCUT2D eigenvalue weighted by atomic mass is 9.57. The van der Waals surface area contributed by atoms with Crippen LogP contribution >= 0.6 is 0 Å². The van der Waals surface area contributed by atoms with Crippen molar-refractivity contribution in [1.29, 1.82) is 0 Å². The highest BCUT2D eigenvalue weighted by Crippen LogP contribution is 2.53. The molecule has 1 aliphatic heterocycles. The fourth-order valence-electron chi connectivity index (χ4n) is 6.24. The SMILES string of the molecule is C[C@H]1OC(=O)[C@@H]2C[C@@H]3CCCCC3C(/C=C/c3ccc4cc(OCC(=O)O)ccc4n3)[C@H]12. The largest absolute Gasteiger partial charge is 0.482 e. The number of ether oxygens (including phenoxy) is 2. The van der Waals surface area contributed by atoms with Crippen molar-refractivity contribution < 1.29 is 24.2 Å². The predicted octanol–water partition coefficient (Wildman–Crippen LogP) is 4.72. The number of rotatable bonds is 5. The van der Waals surface area contributed by atoms with Crippen LogP contribution in [0.2, 0.25) is 0 Å². The first-order valence-corrected chi connectivity index (χ1v) is 11.6. The highest BCUT2D eigenvalue weighted by atomic mass is 16.6. The number of nitrogens with zero attached hydrogens (tertiary/aromatic N) is 1. The van der Waals surface area contributed by atoms with Gasteiger partial charge in [-0.05, 0) is 67.9 Å². The second kappa shape index (κ2) is 8.57. The molecule has 0 radical (unpaired) electrons. The van der Waals surface area contributed by atoms with Gasteiger partial charge in [0.25, 0.3) is 0 Å². The van der Waals surface area contributed by atoms with E-state index in [1.165, 1.54) is 25.7 Å². The molecule has 168 valence electrons. The van der Waals surface area contributed by atoms with Crippen LogP contribution in [0.4, 0.5) is 0 Å². The molecule has 1 aromatic heterocycles. The number of allylic oxidation sites excluding steroid dienone is 1. The zero-order valence-electron chi connectivity index (χ0n) is 18.3. The maximum absolute atomic E-state index is 12.5. The number of fused-ring (bicyclic) bond motifs is 3. The summed E-state index contributed by atoms with van der Waals surface area (Å²) in [6, 6.07) is 9.35. The number of benzene rings is 1. The van der Waals surface area contributed by atoms with Crippen molar-refractivity contribution in [3.8, 4) is 5.75 Å². The normalized spacial score (nSPS) is 31.8. The van der Waals surface area contributed by atoms with Crippen molar-refractivity contribution in [3.63, 3.8) is 0 Å². The minimum Gasteiger partial charge on any atom is -0.482 e. The van der Waals surface area contributed by atoms with Crippen LogP contribution in [0, 0.1) is 29.6 Å². The Kier molecular flexibility index (Phi) is 5.62. The number of pyridine rings is 1. The third kappa shape index (κ3) is 3.98. The van der Waals surface area contributed by atoms with Crippen LogP contribution < -0.4 is 4.74 Å². The van der Waals surface area contributed by atoms with Gasteiger partial charge in [-0.1, -0.05) is 31.4 Å². The quantitative estimate of drug-likeness (QED) is 0.684. The molecule has 1 aromatic carbocycles. The molecule has 32 heavy (non-hydrogen) atoms. The van der Waals surface area contributed by atoms with Crippen LogP contribution in [-0.2, 0) is 14.3 Å². The molecule has 3 fully saturated rings. The summed E-state index contributed by atoms with van der Waals surface area (Å²) in [6.45, 7) is 1.68. The molecular weight excluding hydrogens is 406 g/mol. The summed E-state index contributed by atoms with van der Waals surface area (Å²) in [5.74, 6) is 1.37. The first-order chi connectivity index (χ1) is 15.5. The molecule has 5 rings (SSSR count). The van der Waals surface area contributed by atoms with Crippen molar-refractivity contribution in [2.45, 2.75) is 45.1 Å². The molecule has 6 atom stereocenters. The molecule has 6 nitrogen and oxygen atoms in total. The number of aliphatic carboxylic acids is 1. The standard InChI is InChI=1S/C26H29NO5/c1-15-25-21(20-5-3-2-4-16(20)13-22(25)26(30)32-15)10-8-18-7-6-17-12-19(31-14-24(28)29)9-11-23(17)27-18/h6-12,15-16,20-22,25H,2-5,13-14H2,1H3,(H,28,29)/b10-8+/t15-,16+,20?,21?,22-,25+/m1/s1. The van der Waals surface area contributed by atoms with Crippen LogP contribution in [0.1, 0.15) is 44.7 Å². The average Bonchev–Trinajstić information content (AvgIpc) is 3.08. The number of hydrogen-bond donors (Lipinski definition) is 1. The molecule has 2 aromatic rings. The Bertz CT molecular complexity index is 1060. The fourth-order valence-corrected chi connectivity index (χ4v) is 6.24. The minimum atomic E-state index is -1.00. The molecule has 1 saturated heterocycles. The molecule has 2 unspecified atom stereocenters. The fraction of sp³-hybridized carbons (Fsp3) is 0.500. The molecule has 2 saturated carbocycles. The van der Waals surface area contributed by atoms with E-state index in [1.807, 2.05) is 25.1 Å². The van der Waals surface area contributed by atoms with Crippen LogP contribution in [-0.4, -0.2) is 34.7 Å². The summed E-state index contributed by atoms with van der Waals surface area (Å²) in [4.78, 5) is 27.9. The number of aromatic nitrogens is 1. The zero-order valence-corrected chi connectivity index (χ0v) is 18.3. The third-order valence-electron chi connectivity index (χ3n) is 7.61. The molecule has 0 bridgehead atoms. The molecular formula is C26H29NO5. The van der Waals surface area contributed by atoms with Gasteiger partial charge in [-0.15, -0.1) is 0 Å². The van der Waals surface area contributed by atoms with Gasteiger partial charge in [0.05, 0.1) is 17.1 Å². The molecule has 0 spiro atoms. The Hall–Kier alpha value is -2.89. The maximum Gasteiger partial charge on any atom is 0.341 e. The highest BCUT2D eigenvalue weighted by Gasteiger charge is 2.53. The van der Waals surface area contributed by atoms with E-state index in [0.717, 1.165) is 23.0 Å². The summed E-state index contributed by atoms with van der Waals surface area (Å²) in [5, 5.41) is 9.68. The lowest BCUT2D eigenvalue weighted by molar-refractivity contribution is -0.144. The van der Waals surface area contributed by atoms with E-state index in [-0.39, 0.29) is 30.5 Å². The van der Waals surface area contributed by atoms with Crippen LogP contribution in [0.5, 0.6) is 5.75 Å². The number of esters is 1. The van der Waals surface area contributed by atoms with Gasteiger partial charge in [0.15, 0.2) is 6.61 Å². The van der Waals surface area contributed by atoms with Crippen LogP contribution in [0.15, 0.2) is 36.4 Å². The monoisotopic (exact) mass is 435 g/mol. The molecule has 0 amide bonds. The maximum atomic E-state index is 12.5. The van der Waals surface area contributed by atoms with Crippen molar-refractivity contribution in [2.24, 2.45) is 29.6 Å². The Morgan fingerprint density at radius 1 is 1.25 bits per heavy atom. The Balaban J connectivity index is 1.39. The topological polar surface area (TPSA) is 85.7 Å². The second-order valence-electron chi connectivity index (χ2n) is 9.48. The summed E-state index contributed by atoms with van der Waals surface area (Å²) in [7, 11) is 0. The highest BCUT2D eigenvalue weighted by molar-refractivity contribution is 5.81. The first kappa shape index (κ1) is 21.0.